The van der Waals surface area contributed by atoms with Crippen LogP contribution in [0.3, 0.4) is 0 Å². The van der Waals surface area contributed by atoms with Crippen LogP contribution in [0.25, 0.3) is 32.5 Å². The number of hydrogen-bond donors (Lipinski definition) is 2. The summed E-state index contributed by atoms with van der Waals surface area (Å²) in [6.45, 7) is 5.41. The van der Waals surface area contributed by atoms with E-state index in [0.717, 1.165) is 65.2 Å². The standard InChI is InChI=1S/C24H26N6O3S/c31-24(32)15-4-6-29(7-5-15)14-16-12-20-21(34-16)23(30-8-10-33-11-9-30)27-22(26-20)17-2-1-3-19-18(17)13-25-28-19/h1-3,12-13,15H,4-11,14H2,(H,25,28)(H,31,32). The Bertz CT molecular complexity index is 1340. The maximum Gasteiger partial charge on any atom is 0.306 e. The van der Waals surface area contributed by atoms with Gasteiger partial charge in [0.25, 0.3) is 0 Å². The highest BCUT2D eigenvalue weighted by Gasteiger charge is 2.26. The third kappa shape index (κ3) is 4.02. The SMILES string of the molecule is O=C(O)C1CCN(Cc2cc3nc(-c4cccc5[nH]ncc45)nc(N4CCOCC4)c3s2)CC1. The number of morpholine rings is 1. The number of likely N-dealkylation sites (tertiary alicyclic amines) is 1. The summed E-state index contributed by atoms with van der Waals surface area (Å²) in [5, 5.41) is 17.5. The number of aromatic nitrogens is 4. The lowest BCUT2D eigenvalue weighted by Crippen LogP contribution is -2.36. The van der Waals surface area contributed by atoms with Gasteiger partial charge in [0.2, 0.25) is 0 Å². The van der Waals surface area contributed by atoms with Crippen LogP contribution in [0.15, 0.2) is 30.5 Å². The predicted molar refractivity (Wildman–Crippen MR) is 131 cm³/mol. The normalized spacial score (nSPS) is 18.2. The first-order valence-electron chi connectivity index (χ1n) is 11.7. The van der Waals surface area contributed by atoms with E-state index in [4.69, 9.17) is 14.7 Å². The molecule has 2 aliphatic heterocycles. The number of nitrogens with zero attached hydrogens (tertiary/aromatic N) is 5. The van der Waals surface area contributed by atoms with Crippen LogP contribution in [0, 0.1) is 5.92 Å². The number of carboxylic acid groups (broad SMARTS) is 1. The topological polar surface area (TPSA) is 107 Å². The van der Waals surface area contributed by atoms with E-state index in [1.54, 1.807) is 11.3 Å². The number of nitrogens with one attached hydrogen (secondary N) is 1. The zero-order chi connectivity index (χ0) is 23.1. The number of carbonyl (C=O) groups is 1. The number of hydrogen-bond acceptors (Lipinski definition) is 8. The molecule has 4 aromatic rings. The summed E-state index contributed by atoms with van der Waals surface area (Å²) in [7, 11) is 0. The second kappa shape index (κ2) is 8.94. The molecule has 0 bridgehead atoms. The van der Waals surface area contributed by atoms with E-state index < -0.39 is 5.97 Å². The molecule has 0 aliphatic carbocycles. The van der Waals surface area contributed by atoms with Crippen LogP contribution < -0.4 is 4.90 Å². The van der Waals surface area contributed by atoms with Gasteiger partial charge in [-0.1, -0.05) is 12.1 Å². The molecule has 34 heavy (non-hydrogen) atoms. The summed E-state index contributed by atoms with van der Waals surface area (Å²) in [6.07, 6.45) is 3.24. The van der Waals surface area contributed by atoms with E-state index in [2.05, 4.69) is 26.1 Å². The Kier molecular flexibility index (Phi) is 5.64. The van der Waals surface area contributed by atoms with Crippen LogP contribution in [0.4, 0.5) is 5.82 Å². The summed E-state index contributed by atoms with van der Waals surface area (Å²) in [4.78, 5) is 27.2. The summed E-state index contributed by atoms with van der Waals surface area (Å²) in [5.41, 5.74) is 2.88. The van der Waals surface area contributed by atoms with Gasteiger partial charge in [-0.05, 0) is 38.1 Å². The van der Waals surface area contributed by atoms with Crippen LogP contribution in [0.1, 0.15) is 17.7 Å². The lowest BCUT2D eigenvalue weighted by molar-refractivity contribution is -0.143. The van der Waals surface area contributed by atoms with Crippen LogP contribution in [0.5, 0.6) is 0 Å². The Hall–Kier alpha value is -3.08. The monoisotopic (exact) mass is 478 g/mol. The number of fused-ring (bicyclic) bond motifs is 2. The van der Waals surface area contributed by atoms with Crippen molar-refractivity contribution in [2.24, 2.45) is 5.92 Å². The number of ether oxygens (including phenoxy) is 1. The molecule has 0 spiro atoms. The van der Waals surface area contributed by atoms with Gasteiger partial charge < -0.3 is 14.7 Å². The fraction of sp³-hybridized carbons (Fsp3) is 0.417. The molecule has 2 aliphatic rings. The number of aliphatic carboxylic acids is 1. The fourth-order valence-electron chi connectivity index (χ4n) is 4.87. The molecule has 0 radical (unpaired) electrons. The maximum atomic E-state index is 11.3. The molecule has 0 unspecified atom stereocenters. The first-order chi connectivity index (χ1) is 16.7. The number of aromatic amines is 1. The number of benzene rings is 1. The molecule has 0 atom stereocenters. The zero-order valence-corrected chi connectivity index (χ0v) is 19.6. The van der Waals surface area contributed by atoms with E-state index in [-0.39, 0.29) is 5.92 Å². The Morgan fingerprint density at radius 3 is 2.79 bits per heavy atom. The molecule has 5 heterocycles. The zero-order valence-electron chi connectivity index (χ0n) is 18.7. The predicted octanol–water partition coefficient (Wildman–Crippen LogP) is 3.37. The van der Waals surface area contributed by atoms with E-state index in [1.165, 1.54) is 4.88 Å². The molecule has 176 valence electrons. The van der Waals surface area contributed by atoms with Crippen molar-refractivity contribution in [1.29, 1.82) is 0 Å². The molecule has 9 nitrogen and oxygen atoms in total. The molecule has 3 aromatic heterocycles. The largest absolute Gasteiger partial charge is 0.481 e. The minimum absolute atomic E-state index is 0.217. The van der Waals surface area contributed by atoms with Gasteiger partial charge in [0.1, 0.15) is 0 Å². The lowest BCUT2D eigenvalue weighted by Gasteiger charge is -2.29. The van der Waals surface area contributed by atoms with Gasteiger partial charge in [-0.15, -0.1) is 11.3 Å². The molecule has 2 fully saturated rings. The molecule has 0 amide bonds. The highest BCUT2D eigenvalue weighted by Crippen LogP contribution is 2.36. The summed E-state index contributed by atoms with van der Waals surface area (Å²) >= 11 is 1.74. The summed E-state index contributed by atoms with van der Waals surface area (Å²) in [5.74, 6) is 0.773. The molecule has 1 aromatic carbocycles. The third-order valence-corrected chi connectivity index (χ3v) is 7.86. The van der Waals surface area contributed by atoms with E-state index in [9.17, 15) is 9.90 Å². The fourth-order valence-corrected chi connectivity index (χ4v) is 6.03. The van der Waals surface area contributed by atoms with Crippen LogP contribution in [-0.4, -0.2) is 75.5 Å². The van der Waals surface area contributed by atoms with Gasteiger partial charge in [0.15, 0.2) is 11.6 Å². The van der Waals surface area contributed by atoms with E-state index >= 15 is 0 Å². The van der Waals surface area contributed by atoms with E-state index in [1.807, 2.05) is 24.4 Å². The van der Waals surface area contributed by atoms with Crippen molar-refractivity contribution in [1.82, 2.24) is 25.1 Å². The van der Waals surface area contributed by atoms with Gasteiger partial charge >= 0.3 is 5.97 Å². The molecule has 0 saturated carbocycles. The molecule has 10 heteroatoms. The maximum absolute atomic E-state index is 11.3. The quantitative estimate of drug-likeness (QED) is 0.450. The minimum Gasteiger partial charge on any atom is -0.481 e. The Morgan fingerprint density at radius 1 is 1.18 bits per heavy atom. The average molecular weight is 479 g/mol. The summed E-state index contributed by atoms with van der Waals surface area (Å²) < 4.78 is 6.68. The van der Waals surface area contributed by atoms with Crippen LogP contribution in [-0.2, 0) is 16.1 Å². The average Bonchev–Trinajstić information content (AvgIpc) is 3.50. The first-order valence-corrected chi connectivity index (χ1v) is 12.5. The number of anilines is 1. The van der Waals surface area contributed by atoms with Gasteiger partial charge in [-0.2, -0.15) is 5.10 Å². The van der Waals surface area contributed by atoms with Crippen molar-refractivity contribution in [2.45, 2.75) is 19.4 Å². The number of H-pyrrole nitrogens is 1. The molecular formula is C24H26N6O3S. The van der Waals surface area contributed by atoms with E-state index in [0.29, 0.717) is 31.9 Å². The van der Waals surface area contributed by atoms with Crippen LogP contribution >= 0.6 is 11.3 Å². The van der Waals surface area contributed by atoms with Crippen molar-refractivity contribution in [3.8, 4) is 11.4 Å². The Morgan fingerprint density at radius 2 is 2.00 bits per heavy atom. The molecule has 2 saturated heterocycles. The highest BCUT2D eigenvalue weighted by molar-refractivity contribution is 7.19. The Balaban J connectivity index is 1.37. The second-order valence-electron chi connectivity index (χ2n) is 8.92. The van der Waals surface area contributed by atoms with Gasteiger partial charge in [-0.3, -0.25) is 14.8 Å². The van der Waals surface area contributed by atoms with Crippen molar-refractivity contribution in [2.75, 3.05) is 44.3 Å². The lowest BCUT2D eigenvalue weighted by atomic mass is 9.97. The Labute approximate surface area is 200 Å². The van der Waals surface area contributed by atoms with Crippen molar-refractivity contribution < 1.29 is 14.6 Å². The van der Waals surface area contributed by atoms with Gasteiger partial charge in [0, 0.05) is 35.5 Å². The van der Waals surface area contributed by atoms with Crippen molar-refractivity contribution in [3.05, 3.63) is 35.3 Å². The van der Waals surface area contributed by atoms with Crippen molar-refractivity contribution in [3.63, 3.8) is 0 Å². The molecule has 6 rings (SSSR count). The van der Waals surface area contributed by atoms with Gasteiger partial charge in [0.05, 0.1) is 41.1 Å². The van der Waals surface area contributed by atoms with Crippen molar-refractivity contribution >= 4 is 44.2 Å². The van der Waals surface area contributed by atoms with Crippen LogP contribution in [0.2, 0.25) is 0 Å². The number of thiophene rings is 1. The second-order valence-corrected chi connectivity index (χ2v) is 10.1. The summed E-state index contributed by atoms with van der Waals surface area (Å²) in [6, 6.07) is 8.22. The first kappa shape index (κ1) is 21.5. The third-order valence-electron chi connectivity index (χ3n) is 6.76. The molecular weight excluding hydrogens is 452 g/mol. The van der Waals surface area contributed by atoms with Gasteiger partial charge in [-0.25, -0.2) is 9.97 Å². The molecule has 2 N–H and O–H groups in total. The number of piperidine rings is 1. The highest BCUT2D eigenvalue weighted by atomic mass is 32.1. The number of carboxylic acids is 1. The number of rotatable bonds is 5. The smallest absolute Gasteiger partial charge is 0.306 e. The minimum atomic E-state index is -0.674.